The van der Waals surface area contributed by atoms with E-state index in [1.807, 2.05) is 46.8 Å². The van der Waals surface area contributed by atoms with E-state index in [9.17, 15) is 4.79 Å². The number of hydrogen-bond acceptors (Lipinski definition) is 4. The van der Waals surface area contributed by atoms with E-state index in [1.54, 1.807) is 0 Å². The average Bonchev–Trinajstić information content (AvgIpc) is 3.38. The highest BCUT2D eigenvalue weighted by Gasteiger charge is 2.26. The highest BCUT2D eigenvalue weighted by Crippen LogP contribution is 2.28. The number of rotatable bonds is 4. The Morgan fingerprint density at radius 1 is 1.09 bits per heavy atom. The van der Waals surface area contributed by atoms with E-state index in [0.29, 0.717) is 25.4 Å². The van der Waals surface area contributed by atoms with Crippen LogP contribution in [-0.2, 0) is 24.3 Å². The van der Waals surface area contributed by atoms with Gasteiger partial charge in [0.05, 0.1) is 17.9 Å². The zero-order chi connectivity index (χ0) is 22.2. The summed E-state index contributed by atoms with van der Waals surface area (Å²) < 4.78 is 8.67. The number of aromatic nitrogens is 3. The van der Waals surface area contributed by atoms with Crippen molar-refractivity contribution >= 4 is 28.5 Å². The summed E-state index contributed by atoms with van der Waals surface area (Å²) in [6, 6.07) is 18.5. The first-order valence-corrected chi connectivity index (χ1v) is 11.7. The van der Waals surface area contributed by atoms with Crippen LogP contribution >= 0.6 is 22.6 Å². The molecule has 162 valence electrons. The third kappa shape index (κ3) is 4.09. The Balaban J connectivity index is 1.46. The second kappa shape index (κ2) is 8.54. The molecule has 0 bridgehead atoms. The molecular weight excluding hydrogens is 515 g/mol. The van der Waals surface area contributed by atoms with Gasteiger partial charge >= 0.3 is 0 Å². The molecule has 1 aliphatic heterocycles. The van der Waals surface area contributed by atoms with Gasteiger partial charge in [0.15, 0.2) is 5.89 Å². The van der Waals surface area contributed by atoms with Gasteiger partial charge in [0.1, 0.15) is 18.0 Å². The van der Waals surface area contributed by atoms with Gasteiger partial charge in [0.2, 0.25) is 5.91 Å². The van der Waals surface area contributed by atoms with E-state index in [4.69, 9.17) is 9.52 Å². The molecule has 2 aromatic carbocycles. The zero-order valence-corrected chi connectivity index (χ0v) is 20.2. The minimum Gasteiger partial charge on any atom is -0.446 e. The van der Waals surface area contributed by atoms with Crippen molar-refractivity contribution in [2.24, 2.45) is 0 Å². The minimum atomic E-state index is 0.0296. The number of amides is 1. The molecule has 0 unspecified atom stereocenters. The van der Waals surface area contributed by atoms with Gasteiger partial charge in [-0.2, -0.15) is 5.10 Å². The summed E-state index contributed by atoms with van der Waals surface area (Å²) >= 11 is 2.34. The minimum absolute atomic E-state index is 0.0296. The number of aryl methyl sites for hydroxylation is 2. The predicted molar refractivity (Wildman–Crippen MR) is 131 cm³/mol. The first kappa shape index (κ1) is 20.9. The molecule has 0 saturated carbocycles. The summed E-state index contributed by atoms with van der Waals surface area (Å²) in [6.07, 6.45) is 0.694. The van der Waals surface area contributed by atoms with Crippen LogP contribution in [0.1, 0.15) is 22.9 Å². The first-order valence-electron chi connectivity index (χ1n) is 10.6. The van der Waals surface area contributed by atoms with Crippen molar-refractivity contribution < 1.29 is 9.21 Å². The fraction of sp³-hybridized carbons (Fsp3) is 0.240. The molecular formula is C25H23IN4O2. The van der Waals surface area contributed by atoms with Crippen molar-refractivity contribution in [1.29, 1.82) is 0 Å². The van der Waals surface area contributed by atoms with Gasteiger partial charge in [-0.25, -0.2) is 4.98 Å². The SMILES string of the molecule is Cc1nc2c(o1)CCN(C(=O)Cn1nc(-c3ccc(I)c(C)c3)cc1-c1ccccc1)C2. The maximum absolute atomic E-state index is 13.2. The lowest BCUT2D eigenvalue weighted by molar-refractivity contribution is -0.133. The molecule has 0 aliphatic carbocycles. The number of hydrogen-bond donors (Lipinski definition) is 0. The molecule has 1 amide bonds. The quantitative estimate of drug-likeness (QED) is 0.343. The lowest BCUT2D eigenvalue weighted by Gasteiger charge is -2.25. The van der Waals surface area contributed by atoms with Crippen LogP contribution in [0.5, 0.6) is 0 Å². The second-order valence-corrected chi connectivity index (χ2v) is 9.23. The summed E-state index contributed by atoms with van der Waals surface area (Å²) in [5.74, 6) is 1.58. The Morgan fingerprint density at radius 3 is 2.69 bits per heavy atom. The number of fused-ring (bicyclic) bond motifs is 1. The van der Waals surface area contributed by atoms with E-state index in [2.05, 4.69) is 58.8 Å². The molecule has 3 heterocycles. The lowest BCUT2D eigenvalue weighted by Crippen LogP contribution is -2.38. The first-order chi connectivity index (χ1) is 15.5. The monoisotopic (exact) mass is 538 g/mol. The molecule has 7 heteroatoms. The van der Waals surface area contributed by atoms with Crippen LogP contribution < -0.4 is 0 Å². The molecule has 4 aromatic rings. The third-order valence-electron chi connectivity index (χ3n) is 5.78. The number of benzene rings is 2. The van der Waals surface area contributed by atoms with Gasteiger partial charge in [-0.1, -0.05) is 36.4 Å². The molecule has 2 aromatic heterocycles. The summed E-state index contributed by atoms with van der Waals surface area (Å²) in [6.45, 7) is 5.23. The van der Waals surface area contributed by atoms with E-state index >= 15 is 0 Å². The number of oxazole rings is 1. The van der Waals surface area contributed by atoms with Crippen molar-refractivity contribution in [3.63, 3.8) is 0 Å². The van der Waals surface area contributed by atoms with Crippen LogP contribution in [0.15, 0.2) is 59.0 Å². The van der Waals surface area contributed by atoms with Crippen LogP contribution in [0.25, 0.3) is 22.5 Å². The molecule has 0 fully saturated rings. The fourth-order valence-corrected chi connectivity index (χ4v) is 4.43. The van der Waals surface area contributed by atoms with Crippen LogP contribution in [0.4, 0.5) is 0 Å². The largest absolute Gasteiger partial charge is 0.446 e. The van der Waals surface area contributed by atoms with Crippen molar-refractivity contribution in [2.45, 2.75) is 33.4 Å². The molecule has 5 rings (SSSR count). The van der Waals surface area contributed by atoms with Gasteiger partial charge in [-0.05, 0) is 58.8 Å². The Hall–Kier alpha value is -2.94. The normalized spacial score (nSPS) is 13.3. The van der Waals surface area contributed by atoms with E-state index in [0.717, 1.165) is 34.0 Å². The van der Waals surface area contributed by atoms with Crippen LogP contribution in [-0.4, -0.2) is 32.1 Å². The van der Waals surface area contributed by atoms with Gasteiger partial charge in [0.25, 0.3) is 0 Å². The van der Waals surface area contributed by atoms with E-state index in [1.165, 1.54) is 9.13 Å². The number of carbonyl (C=O) groups excluding carboxylic acids is 1. The van der Waals surface area contributed by atoms with Crippen LogP contribution in [0.3, 0.4) is 0 Å². The van der Waals surface area contributed by atoms with Crippen molar-refractivity contribution in [2.75, 3.05) is 6.54 Å². The van der Waals surface area contributed by atoms with Gasteiger partial charge in [0, 0.05) is 29.0 Å². The van der Waals surface area contributed by atoms with E-state index in [-0.39, 0.29) is 12.5 Å². The highest BCUT2D eigenvalue weighted by molar-refractivity contribution is 14.1. The smallest absolute Gasteiger partial charge is 0.244 e. The van der Waals surface area contributed by atoms with E-state index < -0.39 is 0 Å². The standard InChI is InChI=1S/C25H23IN4O2/c1-16-12-19(8-9-20(16)26)21-13-23(18-6-4-3-5-7-18)30(28-21)15-25(31)29-11-10-24-22(14-29)27-17(2)32-24/h3-9,12-13H,10-11,14-15H2,1-2H3. The molecule has 0 spiro atoms. The molecule has 0 atom stereocenters. The van der Waals surface area contributed by atoms with Gasteiger partial charge < -0.3 is 9.32 Å². The topological polar surface area (TPSA) is 64.2 Å². The molecule has 0 N–H and O–H groups in total. The second-order valence-electron chi connectivity index (χ2n) is 8.07. The lowest BCUT2D eigenvalue weighted by atomic mass is 10.1. The summed E-state index contributed by atoms with van der Waals surface area (Å²) in [5.41, 5.74) is 5.95. The van der Waals surface area contributed by atoms with Gasteiger partial charge in [-0.15, -0.1) is 0 Å². The number of halogens is 1. The van der Waals surface area contributed by atoms with Crippen LogP contribution in [0.2, 0.25) is 0 Å². The predicted octanol–water partition coefficient (Wildman–Crippen LogP) is 5.01. The number of carbonyl (C=O) groups is 1. The summed E-state index contributed by atoms with van der Waals surface area (Å²) in [7, 11) is 0. The molecule has 0 saturated heterocycles. The van der Waals surface area contributed by atoms with Crippen molar-refractivity contribution in [3.8, 4) is 22.5 Å². The highest BCUT2D eigenvalue weighted by atomic mass is 127. The van der Waals surface area contributed by atoms with Crippen molar-refractivity contribution in [3.05, 3.63) is 81.1 Å². The maximum Gasteiger partial charge on any atom is 0.244 e. The Bertz CT molecular complexity index is 1290. The molecule has 1 aliphatic rings. The summed E-state index contributed by atoms with van der Waals surface area (Å²) in [5, 5.41) is 4.84. The Morgan fingerprint density at radius 2 is 1.91 bits per heavy atom. The maximum atomic E-state index is 13.2. The molecule has 6 nitrogen and oxygen atoms in total. The van der Waals surface area contributed by atoms with Crippen molar-refractivity contribution in [1.82, 2.24) is 19.7 Å². The third-order valence-corrected chi connectivity index (χ3v) is 6.99. The zero-order valence-electron chi connectivity index (χ0n) is 18.0. The van der Waals surface area contributed by atoms with Crippen LogP contribution in [0, 0.1) is 17.4 Å². The Labute approximate surface area is 200 Å². The average molecular weight is 538 g/mol. The summed E-state index contributed by atoms with van der Waals surface area (Å²) in [4.78, 5) is 19.5. The number of nitrogens with zero attached hydrogens (tertiary/aromatic N) is 4. The molecule has 32 heavy (non-hydrogen) atoms. The molecule has 0 radical (unpaired) electrons. The van der Waals surface area contributed by atoms with Gasteiger partial charge in [-0.3, -0.25) is 9.48 Å². The Kier molecular flexibility index (Phi) is 5.58. The fourth-order valence-electron chi connectivity index (χ4n) is 4.09.